The lowest BCUT2D eigenvalue weighted by Crippen LogP contribution is -2.39. The Labute approximate surface area is 329 Å². The molecule has 13 heteroatoms. The van der Waals surface area contributed by atoms with Crippen LogP contribution in [0.5, 0.6) is 0 Å². The highest BCUT2D eigenvalue weighted by Crippen LogP contribution is 2.62. The number of aliphatic carboxylic acids is 1. The fourth-order valence-corrected chi connectivity index (χ4v) is 10.3. The maximum atomic E-state index is 13.8. The number of benzene rings is 3. The smallest absolute Gasteiger partial charge is 0.309 e. The molecule has 1 amide bonds. The number of carbonyl (C=O) groups excluding carboxylic acids is 1. The number of nitrogens with one attached hydrogen (secondary N) is 1. The molecule has 4 heterocycles. The van der Waals surface area contributed by atoms with E-state index in [0.717, 1.165) is 104 Å². The molecule has 2 aliphatic heterocycles. The topological polar surface area (TPSA) is 161 Å². The standard InChI is InChI=1S/C43H44ClN7O5/c1-25-29(5-3-6-30(25)40-48-33-18-26(17-27(19-45)37(33)56-40)20-50-15-9-28(52)21-50)31-7-4-8-32(36(31)44)47-39(53)38-46-34-22-51(16-10-35(34)49(38)2)24-42-11-13-43(23-42,14-12-42)41(54)55/h3-8,17-18,28,52H,9-16,20-24H2,1-2H3,(H,47,53)(H,54,55)/t28-,42?,43?/m1/s1. The number of carboxylic acid groups (broad SMARTS) is 1. The number of nitrogens with zero attached hydrogens (tertiary/aromatic N) is 6. The monoisotopic (exact) mass is 773 g/mol. The van der Waals surface area contributed by atoms with Crippen molar-refractivity contribution in [1.29, 1.82) is 5.26 Å². The highest BCUT2D eigenvalue weighted by atomic mass is 35.5. The van der Waals surface area contributed by atoms with Gasteiger partial charge >= 0.3 is 5.97 Å². The largest absolute Gasteiger partial charge is 0.481 e. The maximum absolute atomic E-state index is 13.8. The van der Waals surface area contributed by atoms with E-state index in [2.05, 4.69) is 21.2 Å². The molecule has 2 aliphatic carbocycles. The summed E-state index contributed by atoms with van der Waals surface area (Å²) in [6, 6.07) is 17.4. The van der Waals surface area contributed by atoms with Gasteiger partial charge in [-0.25, -0.2) is 9.97 Å². The van der Waals surface area contributed by atoms with Gasteiger partial charge in [0.05, 0.1) is 33.5 Å². The Morgan fingerprint density at radius 3 is 2.55 bits per heavy atom. The highest BCUT2D eigenvalue weighted by molar-refractivity contribution is 6.36. The number of anilines is 1. The molecule has 2 saturated carbocycles. The van der Waals surface area contributed by atoms with Gasteiger partial charge in [-0.15, -0.1) is 0 Å². The van der Waals surface area contributed by atoms with Gasteiger partial charge in [-0.05, 0) is 91.8 Å². The maximum Gasteiger partial charge on any atom is 0.309 e. The van der Waals surface area contributed by atoms with Crippen molar-refractivity contribution in [3.05, 3.63) is 87.5 Å². The van der Waals surface area contributed by atoms with Crippen LogP contribution in [0.1, 0.15) is 77.2 Å². The first kappa shape index (κ1) is 36.6. The molecule has 0 unspecified atom stereocenters. The van der Waals surface area contributed by atoms with Crippen molar-refractivity contribution in [2.75, 3.05) is 31.5 Å². The second-order valence-electron chi connectivity index (χ2n) is 16.5. The number of nitriles is 1. The summed E-state index contributed by atoms with van der Waals surface area (Å²) in [4.78, 5) is 40.0. The molecule has 0 spiro atoms. The zero-order chi connectivity index (χ0) is 38.9. The number of carbonyl (C=O) groups is 2. The number of hydrogen-bond donors (Lipinski definition) is 3. The van der Waals surface area contributed by atoms with E-state index in [1.54, 1.807) is 6.07 Å². The Kier molecular flexibility index (Phi) is 9.04. The van der Waals surface area contributed by atoms with Crippen molar-refractivity contribution in [3.8, 4) is 28.7 Å². The van der Waals surface area contributed by atoms with Crippen molar-refractivity contribution < 1.29 is 24.2 Å². The zero-order valence-electron chi connectivity index (χ0n) is 31.6. The van der Waals surface area contributed by atoms with Gasteiger partial charge in [0.1, 0.15) is 11.6 Å². The molecule has 5 aromatic rings. The summed E-state index contributed by atoms with van der Waals surface area (Å²) in [6.07, 6.45) is 5.37. The molecule has 288 valence electrons. The molecule has 1 saturated heterocycles. The predicted octanol–water partition coefficient (Wildman–Crippen LogP) is 6.94. The van der Waals surface area contributed by atoms with Gasteiger partial charge in [0.25, 0.3) is 5.91 Å². The second-order valence-corrected chi connectivity index (χ2v) is 16.9. The van der Waals surface area contributed by atoms with E-state index >= 15 is 0 Å². The number of oxazole rings is 1. The summed E-state index contributed by atoms with van der Waals surface area (Å²) in [5.74, 6) is -0.291. The van der Waals surface area contributed by atoms with Crippen LogP contribution < -0.4 is 5.32 Å². The molecule has 0 radical (unpaired) electrons. The van der Waals surface area contributed by atoms with Gasteiger partial charge in [0.2, 0.25) is 5.89 Å². The number of aliphatic hydroxyl groups is 1. The van der Waals surface area contributed by atoms with Crippen LogP contribution in [0.15, 0.2) is 52.9 Å². The number of aromatic nitrogens is 3. The molecule has 3 aromatic carbocycles. The van der Waals surface area contributed by atoms with Crippen molar-refractivity contribution in [2.24, 2.45) is 17.9 Å². The lowest BCUT2D eigenvalue weighted by atomic mass is 9.81. The minimum atomic E-state index is -0.644. The number of carboxylic acids is 1. The van der Waals surface area contributed by atoms with Gasteiger partial charge in [-0.1, -0.05) is 35.9 Å². The lowest BCUT2D eigenvalue weighted by molar-refractivity contribution is -0.148. The Morgan fingerprint density at radius 1 is 1.05 bits per heavy atom. The number of rotatable bonds is 9. The van der Waals surface area contributed by atoms with Gasteiger partial charge in [-0.3, -0.25) is 19.4 Å². The predicted molar refractivity (Wildman–Crippen MR) is 211 cm³/mol. The first-order valence-corrected chi connectivity index (χ1v) is 19.8. The number of fused-ring (bicyclic) bond motifs is 4. The third kappa shape index (κ3) is 6.27. The van der Waals surface area contributed by atoms with Crippen LogP contribution in [-0.4, -0.2) is 78.7 Å². The van der Waals surface area contributed by atoms with Crippen molar-refractivity contribution >= 4 is 40.3 Å². The fourth-order valence-electron chi connectivity index (χ4n) is 10.00. The molecule has 1 atom stereocenters. The first-order valence-electron chi connectivity index (χ1n) is 19.4. The Hall–Kier alpha value is -5.06. The molecule has 3 fully saturated rings. The lowest BCUT2D eigenvalue weighted by Gasteiger charge is -2.35. The molecule has 9 rings (SSSR count). The number of aliphatic hydroxyl groups excluding tert-OH is 1. The third-order valence-electron chi connectivity index (χ3n) is 13.0. The molecule has 3 N–H and O–H groups in total. The van der Waals surface area contributed by atoms with Crippen molar-refractivity contribution in [3.63, 3.8) is 0 Å². The third-order valence-corrected chi connectivity index (χ3v) is 13.4. The molecule has 12 nitrogen and oxygen atoms in total. The van der Waals surface area contributed by atoms with Crippen LogP contribution >= 0.6 is 11.6 Å². The summed E-state index contributed by atoms with van der Waals surface area (Å²) in [6.45, 7) is 6.33. The van der Waals surface area contributed by atoms with Gasteiger partial charge < -0.3 is 24.5 Å². The minimum absolute atomic E-state index is 0.0531. The van der Waals surface area contributed by atoms with Gasteiger partial charge in [0.15, 0.2) is 11.4 Å². The molecule has 2 aromatic heterocycles. The average Bonchev–Trinajstić information content (AvgIpc) is 4.01. The van der Waals surface area contributed by atoms with E-state index in [1.807, 2.05) is 61.0 Å². The van der Waals surface area contributed by atoms with Crippen LogP contribution in [0.3, 0.4) is 0 Å². The molecule has 56 heavy (non-hydrogen) atoms. The second kappa shape index (κ2) is 13.8. The van der Waals surface area contributed by atoms with E-state index in [-0.39, 0.29) is 17.4 Å². The number of halogens is 1. The number of hydrogen-bond acceptors (Lipinski definition) is 9. The number of likely N-dealkylation sites (tertiary alicyclic amines) is 1. The minimum Gasteiger partial charge on any atom is -0.481 e. The normalized spacial score (nSPS) is 23.4. The highest BCUT2D eigenvalue weighted by Gasteiger charge is 2.58. The van der Waals surface area contributed by atoms with E-state index in [0.29, 0.717) is 58.7 Å². The molecule has 4 aliphatic rings. The molecular formula is C43H44ClN7O5. The summed E-state index contributed by atoms with van der Waals surface area (Å²) >= 11 is 7.07. The van der Waals surface area contributed by atoms with Crippen LogP contribution in [-0.2, 0) is 31.4 Å². The van der Waals surface area contributed by atoms with E-state index in [1.165, 1.54) is 0 Å². The van der Waals surface area contributed by atoms with Crippen molar-refractivity contribution in [1.82, 2.24) is 24.3 Å². The summed E-state index contributed by atoms with van der Waals surface area (Å²) in [5.41, 5.74) is 7.47. The van der Waals surface area contributed by atoms with Crippen LogP contribution in [0.25, 0.3) is 33.7 Å². The number of imidazole rings is 1. The van der Waals surface area contributed by atoms with Crippen LogP contribution in [0.4, 0.5) is 5.69 Å². The van der Waals surface area contributed by atoms with Crippen LogP contribution in [0.2, 0.25) is 5.02 Å². The van der Waals surface area contributed by atoms with Crippen LogP contribution in [0, 0.1) is 29.1 Å². The zero-order valence-corrected chi connectivity index (χ0v) is 32.3. The first-order chi connectivity index (χ1) is 26.9. The molecular weight excluding hydrogens is 730 g/mol. The quantitative estimate of drug-likeness (QED) is 0.143. The van der Waals surface area contributed by atoms with E-state index in [4.69, 9.17) is 26.0 Å². The SMILES string of the molecule is Cc1c(-c2nc3cc(CN4CC[C@@H](O)C4)cc(C#N)c3o2)cccc1-c1cccc(NC(=O)c2nc3c(n2C)CCN(CC24CCC(C(=O)O)(CC2)C4)C3)c1Cl. The average molecular weight is 774 g/mol. The fraction of sp³-hybridized carbons (Fsp3) is 0.419. The van der Waals surface area contributed by atoms with E-state index in [9.17, 15) is 25.1 Å². The van der Waals surface area contributed by atoms with E-state index < -0.39 is 11.4 Å². The number of β-amino-alcohol motifs (C(OH)–C–C–N with tert-alkyl or cyclic N) is 1. The van der Waals surface area contributed by atoms with Gasteiger partial charge in [-0.2, -0.15) is 5.26 Å². The Bertz CT molecular complexity index is 2460. The Morgan fingerprint density at radius 2 is 1.82 bits per heavy atom. The summed E-state index contributed by atoms with van der Waals surface area (Å²) in [5, 5.41) is 33.2. The summed E-state index contributed by atoms with van der Waals surface area (Å²) in [7, 11) is 1.88. The number of amides is 1. The van der Waals surface area contributed by atoms with Crippen molar-refractivity contribution in [2.45, 2.75) is 71.1 Å². The molecule has 2 bridgehead atoms. The Balaban J connectivity index is 0.934. The van der Waals surface area contributed by atoms with Gasteiger partial charge in [0, 0.05) is 69.6 Å². The summed E-state index contributed by atoms with van der Waals surface area (Å²) < 4.78 is 8.12.